The molecule has 0 aromatic heterocycles. The van der Waals surface area contributed by atoms with Crippen molar-refractivity contribution in [2.75, 3.05) is 6.61 Å². The van der Waals surface area contributed by atoms with Crippen molar-refractivity contribution in [3.8, 4) is 0 Å². The first-order chi connectivity index (χ1) is 35.2. The Labute approximate surface area is 445 Å². The molecule has 3 N–H and O–H groups in total. The molecule has 0 radical (unpaired) electrons. The molecule has 0 aliphatic heterocycles. The number of hydrogen-bond donors (Lipinski definition) is 3. The van der Waals surface area contributed by atoms with Crippen molar-refractivity contribution in [3.05, 3.63) is 48.6 Å². The minimum absolute atomic E-state index is 0.0691. The van der Waals surface area contributed by atoms with Crippen molar-refractivity contribution in [1.82, 2.24) is 5.32 Å². The molecule has 0 saturated carbocycles. The van der Waals surface area contributed by atoms with Gasteiger partial charge in [-0.25, -0.2) is 0 Å². The van der Waals surface area contributed by atoms with Gasteiger partial charge in [-0.05, 0) is 64.2 Å². The summed E-state index contributed by atoms with van der Waals surface area (Å²) in [5.41, 5.74) is 0. The lowest BCUT2D eigenvalue weighted by Crippen LogP contribution is -2.45. The number of hydrogen-bond acceptors (Lipinski definition) is 3. The molecule has 2 unspecified atom stereocenters. The number of allylic oxidation sites excluding steroid dienone is 7. The molecule has 0 spiro atoms. The Balaban J connectivity index is 3.45. The van der Waals surface area contributed by atoms with Gasteiger partial charge in [-0.3, -0.25) is 4.79 Å². The number of aliphatic hydroxyl groups excluding tert-OH is 2. The van der Waals surface area contributed by atoms with Crippen LogP contribution in [0.15, 0.2) is 48.6 Å². The smallest absolute Gasteiger partial charge is 0.220 e. The quantitative estimate of drug-likeness (QED) is 0.0420. The zero-order chi connectivity index (χ0) is 51.3. The summed E-state index contributed by atoms with van der Waals surface area (Å²) < 4.78 is 0. The van der Waals surface area contributed by atoms with E-state index >= 15 is 0 Å². The Morgan fingerprint density at radius 1 is 0.338 bits per heavy atom. The molecule has 418 valence electrons. The predicted octanol–water partition coefficient (Wildman–Crippen LogP) is 21.8. The van der Waals surface area contributed by atoms with Gasteiger partial charge in [0.05, 0.1) is 18.8 Å². The number of unbranched alkanes of at least 4 members (excludes halogenated alkanes) is 47. The van der Waals surface area contributed by atoms with Crippen LogP contribution >= 0.6 is 0 Å². The first kappa shape index (κ1) is 69.3. The number of carbonyl (C=O) groups is 1. The van der Waals surface area contributed by atoms with E-state index in [4.69, 9.17) is 0 Å². The summed E-state index contributed by atoms with van der Waals surface area (Å²) in [7, 11) is 0. The fourth-order valence-corrected chi connectivity index (χ4v) is 10.1. The van der Waals surface area contributed by atoms with Crippen LogP contribution in [-0.2, 0) is 4.79 Å². The Kier molecular flexibility index (Phi) is 61.2. The van der Waals surface area contributed by atoms with E-state index in [0.29, 0.717) is 6.42 Å². The second kappa shape index (κ2) is 62.6. The molecular weight excluding hydrogens is 867 g/mol. The fraction of sp³-hybridized carbons (Fsp3) is 0.866. The van der Waals surface area contributed by atoms with Crippen LogP contribution in [0.25, 0.3) is 0 Å². The van der Waals surface area contributed by atoms with Crippen LogP contribution in [0.3, 0.4) is 0 Å². The Bertz CT molecular complexity index is 1130. The van der Waals surface area contributed by atoms with Crippen molar-refractivity contribution < 1.29 is 15.0 Å². The van der Waals surface area contributed by atoms with Crippen molar-refractivity contribution >= 4 is 5.91 Å². The topological polar surface area (TPSA) is 69.6 Å². The van der Waals surface area contributed by atoms with E-state index in [2.05, 4.69) is 55.6 Å². The van der Waals surface area contributed by atoms with Crippen LogP contribution in [-0.4, -0.2) is 34.9 Å². The van der Waals surface area contributed by atoms with Crippen molar-refractivity contribution in [1.29, 1.82) is 0 Å². The maximum Gasteiger partial charge on any atom is 0.220 e. The molecule has 1 amide bonds. The van der Waals surface area contributed by atoms with Gasteiger partial charge in [0, 0.05) is 6.42 Å². The summed E-state index contributed by atoms with van der Waals surface area (Å²) in [6, 6.07) is -0.640. The average molecular weight is 995 g/mol. The zero-order valence-electron chi connectivity index (χ0n) is 48.3. The summed E-state index contributed by atoms with van der Waals surface area (Å²) in [6.45, 7) is 4.33. The lowest BCUT2D eigenvalue weighted by atomic mass is 10.0. The lowest BCUT2D eigenvalue weighted by molar-refractivity contribution is -0.123. The predicted molar refractivity (Wildman–Crippen MR) is 318 cm³/mol. The third-order valence-electron chi connectivity index (χ3n) is 15.0. The maximum absolute atomic E-state index is 12.5. The normalized spacial score (nSPS) is 13.0. The largest absolute Gasteiger partial charge is 0.394 e. The van der Waals surface area contributed by atoms with Gasteiger partial charge in [-0.2, -0.15) is 0 Å². The van der Waals surface area contributed by atoms with Crippen LogP contribution in [0.5, 0.6) is 0 Å². The third kappa shape index (κ3) is 59.1. The van der Waals surface area contributed by atoms with Crippen LogP contribution < -0.4 is 5.32 Å². The summed E-state index contributed by atoms with van der Waals surface area (Å²) in [4.78, 5) is 12.5. The molecule has 0 aliphatic carbocycles. The van der Waals surface area contributed by atoms with Gasteiger partial charge in [-0.15, -0.1) is 0 Å². The second-order valence-corrected chi connectivity index (χ2v) is 22.2. The summed E-state index contributed by atoms with van der Waals surface area (Å²) in [5.74, 6) is -0.0691. The van der Waals surface area contributed by atoms with Gasteiger partial charge < -0.3 is 15.5 Å². The molecule has 0 heterocycles. The molecule has 0 aliphatic rings. The van der Waals surface area contributed by atoms with E-state index in [0.717, 1.165) is 38.5 Å². The molecule has 0 saturated heterocycles. The molecule has 0 bridgehead atoms. The van der Waals surface area contributed by atoms with Gasteiger partial charge in [-0.1, -0.05) is 332 Å². The summed E-state index contributed by atoms with van der Waals surface area (Å²) in [5, 5.41) is 23.2. The zero-order valence-corrected chi connectivity index (χ0v) is 48.3. The van der Waals surface area contributed by atoms with Gasteiger partial charge in [0.25, 0.3) is 0 Å². The van der Waals surface area contributed by atoms with Gasteiger partial charge >= 0.3 is 0 Å². The summed E-state index contributed by atoms with van der Waals surface area (Å²) >= 11 is 0. The van der Waals surface area contributed by atoms with Gasteiger partial charge in [0.2, 0.25) is 5.91 Å². The van der Waals surface area contributed by atoms with Crippen molar-refractivity contribution in [3.63, 3.8) is 0 Å². The highest BCUT2D eigenvalue weighted by molar-refractivity contribution is 5.76. The van der Waals surface area contributed by atoms with Crippen molar-refractivity contribution in [2.45, 2.75) is 366 Å². The second-order valence-electron chi connectivity index (χ2n) is 22.2. The standard InChI is InChI=1S/C67H127NO3/c1-3-5-7-9-11-13-15-17-19-21-23-25-26-27-28-29-30-31-32-33-34-35-36-37-38-39-40-41-42-43-45-47-49-51-53-55-57-59-61-63-67(71)68-65(64-69)66(70)62-60-58-56-54-52-50-48-46-44-24-22-20-18-16-14-12-10-8-6-4-2/h30-31,33-34,52,54,60,62,65-66,69-70H,3-29,32,35-51,53,55-59,61,63-64H2,1-2H3,(H,68,71)/b31-30-,34-33-,54-52+,62-60+. The minimum Gasteiger partial charge on any atom is -0.394 e. The van der Waals surface area contributed by atoms with E-state index in [1.54, 1.807) is 6.08 Å². The monoisotopic (exact) mass is 994 g/mol. The SMILES string of the molecule is CCCCCCCCCCCCCCCC/C=C/CC/C=C/C(O)C(CO)NC(=O)CCCCCCCCCCCCCCCCCCC/C=C\C/C=C\CCCCCCCCCCCCCCCCC. The highest BCUT2D eigenvalue weighted by atomic mass is 16.3. The van der Waals surface area contributed by atoms with E-state index in [1.165, 1.54) is 295 Å². The lowest BCUT2D eigenvalue weighted by Gasteiger charge is -2.19. The van der Waals surface area contributed by atoms with Gasteiger partial charge in [0.15, 0.2) is 0 Å². The molecular formula is C67H127NO3. The molecule has 4 heteroatoms. The number of aliphatic hydroxyl groups is 2. The van der Waals surface area contributed by atoms with Crippen LogP contribution in [0.1, 0.15) is 354 Å². The van der Waals surface area contributed by atoms with E-state index in [1.807, 2.05) is 6.08 Å². The van der Waals surface area contributed by atoms with Crippen LogP contribution in [0.4, 0.5) is 0 Å². The Morgan fingerprint density at radius 3 is 0.901 bits per heavy atom. The molecule has 0 aromatic carbocycles. The van der Waals surface area contributed by atoms with E-state index in [-0.39, 0.29) is 12.5 Å². The van der Waals surface area contributed by atoms with E-state index in [9.17, 15) is 15.0 Å². The number of carbonyl (C=O) groups excluding carboxylic acids is 1. The molecule has 0 aromatic rings. The maximum atomic E-state index is 12.5. The molecule has 71 heavy (non-hydrogen) atoms. The average Bonchev–Trinajstić information content (AvgIpc) is 3.37. The van der Waals surface area contributed by atoms with Crippen LogP contribution in [0.2, 0.25) is 0 Å². The van der Waals surface area contributed by atoms with Gasteiger partial charge in [0.1, 0.15) is 0 Å². The van der Waals surface area contributed by atoms with Crippen molar-refractivity contribution in [2.24, 2.45) is 0 Å². The minimum atomic E-state index is -0.863. The highest BCUT2D eigenvalue weighted by Crippen LogP contribution is 2.18. The molecule has 4 nitrogen and oxygen atoms in total. The number of nitrogens with one attached hydrogen (secondary N) is 1. The number of amides is 1. The number of rotatable bonds is 60. The first-order valence-corrected chi connectivity index (χ1v) is 32.4. The highest BCUT2D eigenvalue weighted by Gasteiger charge is 2.18. The summed E-state index contributed by atoms with van der Waals surface area (Å²) in [6.07, 6.45) is 87.5. The van der Waals surface area contributed by atoms with Crippen LogP contribution in [0, 0.1) is 0 Å². The van der Waals surface area contributed by atoms with E-state index < -0.39 is 12.1 Å². The molecule has 0 rings (SSSR count). The Morgan fingerprint density at radius 2 is 0.592 bits per heavy atom. The first-order valence-electron chi connectivity index (χ1n) is 32.4. The molecule has 2 atom stereocenters. The molecule has 0 fully saturated rings. The third-order valence-corrected chi connectivity index (χ3v) is 15.0. The fourth-order valence-electron chi connectivity index (χ4n) is 10.1. The Hall–Kier alpha value is -1.65.